The van der Waals surface area contributed by atoms with Gasteiger partial charge in [-0.15, -0.1) is 0 Å². The summed E-state index contributed by atoms with van der Waals surface area (Å²) in [6.07, 6.45) is 1.67. The van der Waals surface area contributed by atoms with Crippen LogP contribution in [0, 0.1) is 0 Å². The van der Waals surface area contributed by atoms with E-state index in [4.69, 9.17) is 9.90 Å². The lowest BCUT2D eigenvalue weighted by atomic mass is 10.3. The van der Waals surface area contributed by atoms with Gasteiger partial charge in [0.25, 0.3) is 5.78 Å². The molecular formula is C5H9O2+. The van der Waals surface area contributed by atoms with Gasteiger partial charge in [0.15, 0.2) is 0 Å². The number of hydrogen-bond acceptors (Lipinski definition) is 1. The van der Waals surface area contributed by atoms with Gasteiger partial charge in [0.05, 0.1) is 18.9 Å². The van der Waals surface area contributed by atoms with Gasteiger partial charge in [0, 0.05) is 0 Å². The molecule has 0 radical (unpaired) electrons. The quantitative estimate of drug-likeness (QED) is 0.431. The van der Waals surface area contributed by atoms with Gasteiger partial charge in [-0.1, -0.05) is 0 Å². The second-order valence-electron chi connectivity index (χ2n) is 1.96. The van der Waals surface area contributed by atoms with Crippen LogP contribution in [-0.4, -0.2) is 21.8 Å². The van der Waals surface area contributed by atoms with E-state index in [1.807, 2.05) is 0 Å². The van der Waals surface area contributed by atoms with Gasteiger partial charge in [-0.05, 0) is 6.42 Å². The number of carbonyl (C=O) groups excluding carboxylic acids is 1. The van der Waals surface area contributed by atoms with Crippen LogP contribution in [0.25, 0.3) is 0 Å². The highest BCUT2D eigenvalue weighted by Gasteiger charge is 2.23. The van der Waals surface area contributed by atoms with E-state index in [1.165, 1.54) is 0 Å². The Morgan fingerprint density at radius 1 is 1.71 bits per heavy atom. The van der Waals surface area contributed by atoms with Crippen molar-refractivity contribution in [2.24, 2.45) is 0 Å². The number of hydrogen-bond donors (Lipinski definition) is 1. The maximum atomic E-state index is 8.72. The van der Waals surface area contributed by atoms with Crippen molar-refractivity contribution in [3.63, 3.8) is 0 Å². The molecule has 0 aromatic rings. The molecule has 0 aromatic heterocycles. The lowest BCUT2D eigenvalue weighted by Crippen LogP contribution is -1.98. The van der Waals surface area contributed by atoms with Crippen LogP contribution in [0.15, 0.2) is 0 Å². The zero-order chi connectivity index (χ0) is 5.28. The topological polar surface area (TPSA) is 41.6 Å². The highest BCUT2D eigenvalue weighted by Crippen LogP contribution is 2.12. The average Bonchev–Trinajstić information content (AvgIpc) is 1.87. The van der Waals surface area contributed by atoms with Crippen molar-refractivity contribution in [2.45, 2.75) is 25.4 Å². The summed E-state index contributed by atoms with van der Waals surface area (Å²) in [4.78, 5) is 8.66. The molecule has 1 aliphatic rings. The predicted molar refractivity (Wildman–Crippen MR) is 26.8 cm³/mol. The van der Waals surface area contributed by atoms with Gasteiger partial charge in [-0.2, -0.15) is 0 Å². The number of rotatable bonds is 0. The second kappa shape index (κ2) is 1.62. The van der Waals surface area contributed by atoms with E-state index in [1.54, 1.807) is 0 Å². The Kier molecular flexibility index (Phi) is 1.11. The Bertz CT molecular complexity index is 88.1. The summed E-state index contributed by atoms with van der Waals surface area (Å²) in [6.45, 7) is 0. The van der Waals surface area contributed by atoms with Gasteiger partial charge >= 0.3 is 0 Å². The summed E-state index contributed by atoms with van der Waals surface area (Å²) in [6, 6.07) is 0. The molecular weight excluding hydrogens is 92.1 g/mol. The van der Waals surface area contributed by atoms with E-state index in [-0.39, 0.29) is 6.10 Å². The first-order chi connectivity index (χ1) is 3.29. The van der Waals surface area contributed by atoms with Crippen molar-refractivity contribution >= 4 is 5.78 Å². The van der Waals surface area contributed by atoms with Crippen LogP contribution in [0.3, 0.4) is 0 Å². The smallest absolute Gasteiger partial charge is 0.295 e. The summed E-state index contributed by atoms with van der Waals surface area (Å²) in [5.41, 5.74) is 0. The third-order valence-electron chi connectivity index (χ3n) is 1.24. The molecule has 1 atom stereocenters. The van der Waals surface area contributed by atoms with E-state index in [0.717, 1.165) is 6.42 Å². The zero-order valence-corrected chi connectivity index (χ0v) is 4.09. The SMILES string of the molecule is OC1CCC(=[OH+])C1. The highest BCUT2D eigenvalue weighted by atomic mass is 16.3. The van der Waals surface area contributed by atoms with E-state index in [2.05, 4.69) is 0 Å². The van der Waals surface area contributed by atoms with Crippen LogP contribution in [0.2, 0.25) is 0 Å². The zero-order valence-electron chi connectivity index (χ0n) is 4.09. The van der Waals surface area contributed by atoms with Gasteiger partial charge in [0.2, 0.25) is 0 Å². The van der Waals surface area contributed by atoms with Crippen LogP contribution in [-0.2, 0) is 0 Å². The summed E-state index contributed by atoms with van der Waals surface area (Å²) in [5, 5.41) is 8.72. The van der Waals surface area contributed by atoms with Crippen LogP contribution in [0.4, 0.5) is 0 Å². The first-order valence-electron chi connectivity index (χ1n) is 2.51. The minimum atomic E-state index is -0.264. The normalized spacial score (nSPS) is 31.6. The molecule has 0 spiro atoms. The first kappa shape index (κ1) is 4.78. The standard InChI is InChI=1S/C5H8O2/c6-4-1-2-5(7)3-4/h4,6H,1-3H2/p+1. The highest BCUT2D eigenvalue weighted by molar-refractivity contribution is 5.81. The van der Waals surface area contributed by atoms with Crippen molar-refractivity contribution in [3.8, 4) is 0 Å². The molecule has 1 fully saturated rings. The molecule has 0 saturated heterocycles. The Morgan fingerprint density at radius 3 is 2.57 bits per heavy atom. The maximum absolute atomic E-state index is 8.72. The van der Waals surface area contributed by atoms with E-state index < -0.39 is 0 Å². The van der Waals surface area contributed by atoms with Gasteiger partial charge in [-0.3, -0.25) is 4.79 Å². The molecule has 2 N–H and O–H groups in total. The molecule has 1 aliphatic carbocycles. The molecule has 7 heavy (non-hydrogen) atoms. The van der Waals surface area contributed by atoms with Crippen molar-refractivity contribution in [3.05, 3.63) is 0 Å². The molecule has 1 saturated carbocycles. The minimum Gasteiger partial charge on any atom is -0.392 e. The minimum absolute atomic E-state index is 0.264. The Morgan fingerprint density at radius 2 is 2.43 bits per heavy atom. The molecule has 0 bridgehead atoms. The van der Waals surface area contributed by atoms with Crippen molar-refractivity contribution in [1.82, 2.24) is 0 Å². The molecule has 0 aliphatic heterocycles. The van der Waals surface area contributed by atoms with Crippen LogP contribution in [0.5, 0.6) is 0 Å². The fraction of sp³-hybridized carbons (Fsp3) is 0.800. The van der Waals surface area contributed by atoms with Crippen molar-refractivity contribution < 1.29 is 9.90 Å². The third-order valence-corrected chi connectivity index (χ3v) is 1.24. The molecule has 0 aromatic carbocycles. The number of aliphatic hydroxyl groups is 1. The Labute approximate surface area is 42.1 Å². The first-order valence-corrected chi connectivity index (χ1v) is 2.51. The molecule has 40 valence electrons. The monoisotopic (exact) mass is 101 g/mol. The average molecular weight is 101 g/mol. The second-order valence-corrected chi connectivity index (χ2v) is 1.96. The maximum Gasteiger partial charge on any atom is 0.295 e. The van der Waals surface area contributed by atoms with E-state index in [0.29, 0.717) is 18.6 Å². The summed E-state index contributed by atoms with van der Waals surface area (Å²) < 4.78 is 0. The van der Waals surface area contributed by atoms with Crippen LogP contribution >= 0.6 is 0 Å². The third kappa shape index (κ3) is 0.996. The fourth-order valence-corrected chi connectivity index (χ4v) is 0.809. The van der Waals surface area contributed by atoms with Crippen LogP contribution < -0.4 is 0 Å². The lowest BCUT2D eigenvalue weighted by Gasteiger charge is -1.88. The molecule has 0 heterocycles. The Hall–Kier alpha value is -0.370. The Balaban J connectivity index is 2.40. The van der Waals surface area contributed by atoms with Crippen LogP contribution in [0.1, 0.15) is 19.3 Å². The van der Waals surface area contributed by atoms with Gasteiger partial charge in [-0.25, -0.2) is 0 Å². The molecule has 2 heteroatoms. The summed E-state index contributed by atoms with van der Waals surface area (Å²) in [7, 11) is 0. The predicted octanol–water partition coefficient (Wildman–Crippen LogP) is 0.0761. The molecule has 2 nitrogen and oxygen atoms in total. The summed E-state index contributed by atoms with van der Waals surface area (Å²) >= 11 is 0. The van der Waals surface area contributed by atoms with Crippen molar-refractivity contribution in [1.29, 1.82) is 0 Å². The lowest BCUT2D eigenvalue weighted by molar-refractivity contribution is 0.187. The fourth-order valence-electron chi connectivity index (χ4n) is 0.809. The van der Waals surface area contributed by atoms with Gasteiger partial charge < -0.3 is 5.11 Å². The van der Waals surface area contributed by atoms with Crippen molar-refractivity contribution in [2.75, 3.05) is 0 Å². The number of aliphatic hydroxyl groups excluding tert-OH is 1. The van der Waals surface area contributed by atoms with E-state index >= 15 is 0 Å². The molecule has 1 unspecified atom stereocenters. The molecule has 1 rings (SSSR count). The number of ketones is 1. The molecule has 0 amide bonds. The largest absolute Gasteiger partial charge is 0.392 e. The van der Waals surface area contributed by atoms with E-state index in [9.17, 15) is 0 Å². The summed E-state index contributed by atoms with van der Waals surface area (Å²) in [5.74, 6) is 0.451. The van der Waals surface area contributed by atoms with Gasteiger partial charge in [0.1, 0.15) is 0 Å².